The Hall–Kier alpha value is -3.81. The highest BCUT2D eigenvalue weighted by molar-refractivity contribution is 6.33. The average Bonchev–Trinajstić information content (AvgIpc) is 3.61. The Morgan fingerprint density at radius 2 is 1.77 bits per heavy atom. The lowest BCUT2D eigenvalue weighted by Gasteiger charge is -2.26. The zero-order valence-electron chi connectivity index (χ0n) is 22.2. The monoisotopic (exact) mass is 545 g/mol. The second kappa shape index (κ2) is 12.4. The van der Waals surface area contributed by atoms with E-state index in [1.807, 2.05) is 73.7 Å². The molecule has 2 heterocycles. The van der Waals surface area contributed by atoms with Gasteiger partial charge in [-0.05, 0) is 55.7 Å². The zero-order valence-corrected chi connectivity index (χ0v) is 22.9. The fraction of sp³-hybridized carbons (Fsp3) is 0.290. The SMILES string of the molecule is CCc1nn(-c2ccccc2)c(Oc2ccccc2OC)c1CN(C[C@@H]1CCCO1)C(=O)c1ccccc1Cl. The summed E-state index contributed by atoms with van der Waals surface area (Å²) in [6.45, 7) is 3.48. The number of amides is 1. The van der Waals surface area contributed by atoms with Crippen LogP contribution in [-0.4, -0.2) is 47.0 Å². The lowest BCUT2D eigenvalue weighted by Crippen LogP contribution is -2.37. The van der Waals surface area contributed by atoms with Crippen LogP contribution in [0.5, 0.6) is 17.4 Å². The van der Waals surface area contributed by atoms with Crippen LogP contribution in [0.3, 0.4) is 0 Å². The van der Waals surface area contributed by atoms with E-state index in [9.17, 15) is 4.79 Å². The topological polar surface area (TPSA) is 65.8 Å². The minimum atomic E-state index is -0.158. The number of halogens is 1. The zero-order chi connectivity index (χ0) is 27.2. The first-order valence-corrected chi connectivity index (χ1v) is 13.6. The number of aryl methyl sites for hydroxylation is 1. The Morgan fingerprint density at radius 1 is 1.05 bits per heavy atom. The van der Waals surface area contributed by atoms with Gasteiger partial charge in [-0.2, -0.15) is 5.10 Å². The standard InChI is InChI=1S/C31H32ClN3O4/c1-3-27-25(21-34(20-23-14-11-19-38-23)30(36)24-15-7-8-16-26(24)32)31(35(33-27)22-12-5-4-6-13-22)39-29-18-10-9-17-28(29)37-2/h4-10,12-13,15-18,23H,3,11,14,19-21H2,1-2H3/t23-/m0/s1. The minimum absolute atomic E-state index is 0.0377. The van der Waals surface area contributed by atoms with Gasteiger partial charge in [0, 0.05) is 13.2 Å². The van der Waals surface area contributed by atoms with Crippen LogP contribution >= 0.6 is 11.6 Å². The molecule has 0 bridgehead atoms. The van der Waals surface area contributed by atoms with Crippen molar-refractivity contribution in [1.29, 1.82) is 0 Å². The molecule has 1 aliphatic heterocycles. The fourth-order valence-corrected chi connectivity index (χ4v) is 5.04. The van der Waals surface area contributed by atoms with Gasteiger partial charge in [0.25, 0.3) is 5.91 Å². The molecule has 1 atom stereocenters. The van der Waals surface area contributed by atoms with Gasteiger partial charge in [0.2, 0.25) is 5.88 Å². The molecule has 0 saturated carbocycles. The molecular weight excluding hydrogens is 514 g/mol. The van der Waals surface area contributed by atoms with Crippen molar-refractivity contribution in [3.63, 3.8) is 0 Å². The summed E-state index contributed by atoms with van der Waals surface area (Å²) in [6.07, 6.45) is 2.50. The van der Waals surface area contributed by atoms with E-state index in [1.165, 1.54) is 0 Å². The summed E-state index contributed by atoms with van der Waals surface area (Å²) >= 11 is 6.46. The number of methoxy groups -OCH3 is 1. The molecule has 5 rings (SSSR count). The Bertz CT molecular complexity index is 1420. The summed E-state index contributed by atoms with van der Waals surface area (Å²) in [5.41, 5.74) is 2.98. The number of hydrogen-bond acceptors (Lipinski definition) is 5. The first-order valence-electron chi connectivity index (χ1n) is 13.2. The van der Waals surface area contributed by atoms with Crippen molar-refractivity contribution in [2.75, 3.05) is 20.3 Å². The molecule has 7 nitrogen and oxygen atoms in total. The highest BCUT2D eigenvalue weighted by Gasteiger charge is 2.29. The number of ether oxygens (including phenoxy) is 3. The largest absolute Gasteiger partial charge is 0.493 e. The molecule has 1 fully saturated rings. The van der Waals surface area contributed by atoms with Crippen molar-refractivity contribution in [2.24, 2.45) is 0 Å². The number of carbonyl (C=O) groups is 1. The van der Waals surface area contributed by atoms with Gasteiger partial charge in [-0.1, -0.05) is 61.0 Å². The maximum Gasteiger partial charge on any atom is 0.255 e. The molecule has 1 aromatic heterocycles. The predicted molar refractivity (Wildman–Crippen MR) is 151 cm³/mol. The second-order valence-electron chi connectivity index (χ2n) is 9.38. The smallest absolute Gasteiger partial charge is 0.255 e. The van der Waals surface area contributed by atoms with Crippen LogP contribution in [0.1, 0.15) is 41.4 Å². The molecule has 0 spiro atoms. The molecule has 0 N–H and O–H groups in total. The van der Waals surface area contributed by atoms with Crippen molar-refractivity contribution in [2.45, 2.75) is 38.8 Å². The first-order chi connectivity index (χ1) is 19.1. The second-order valence-corrected chi connectivity index (χ2v) is 9.79. The molecule has 0 radical (unpaired) electrons. The number of benzene rings is 3. The van der Waals surface area contributed by atoms with Gasteiger partial charge >= 0.3 is 0 Å². The summed E-state index contributed by atoms with van der Waals surface area (Å²) in [5.74, 6) is 1.54. The molecule has 4 aromatic rings. The maximum absolute atomic E-state index is 13.9. The van der Waals surface area contributed by atoms with E-state index < -0.39 is 0 Å². The quantitative estimate of drug-likeness (QED) is 0.221. The molecule has 39 heavy (non-hydrogen) atoms. The summed E-state index contributed by atoms with van der Waals surface area (Å²) in [5, 5.41) is 5.36. The molecule has 0 aliphatic carbocycles. The maximum atomic E-state index is 13.9. The van der Waals surface area contributed by atoms with E-state index in [-0.39, 0.29) is 18.6 Å². The summed E-state index contributed by atoms with van der Waals surface area (Å²) < 4.78 is 19.9. The van der Waals surface area contributed by atoms with E-state index in [0.717, 1.165) is 29.8 Å². The highest BCUT2D eigenvalue weighted by atomic mass is 35.5. The van der Waals surface area contributed by atoms with Crippen molar-refractivity contribution >= 4 is 17.5 Å². The Kier molecular flexibility index (Phi) is 8.49. The molecule has 0 unspecified atom stereocenters. The van der Waals surface area contributed by atoms with Gasteiger partial charge < -0.3 is 19.1 Å². The molecule has 1 amide bonds. The van der Waals surface area contributed by atoms with Crippen LogP contribution in [0.4, 0.5) is 0 Å². The normalized spacial score (nSPS) is 14.8. The van der Waals surface area contributed by atoms with E-state index in [1.54, 1.807) is 28.8 Å². The molecule has 3 aromatic carbocycles. The van der Waals surface area contributed by atoms with Crippen molar-refractivity contribution in [1.82, 2.24) is 14.7 Å². The molecule has 1 aliphatic rings. The van der Waals surface area contributed by atoms with Crippen molar-refractivity contribution in [3.05, 3.63) is 101 Å². The Labute approximate surface area is 233 Å². The molecule has 8 heteroatoms. The number of carbonyl (C=O) groups excluding carboxylic acids is 1. The van der Waals surface area contributed by atoms with E-state index in [4.69, 9.17) is 30.9 Å². The summed E-state index contributed by atoms with van der Waals surface area (Å²) in [6, 6.07) is 24.5. The predicted octanol–water partition coefficient (Wildman–Crippen LogP) is 6.71. The van der Waals surface area contributed by atoms with Gasteiger partial charge in [-0.15, -0.1) is 0 Å². The van der Waals surface area contributed by atoms with Gasteiger partial charge in [0.15, 0.2) is 11.5 Å². The fourth-order valence-electron chi connectivity index (χ4n) is 4.83. The highest BCUT2D eigenvalue weighted by Crippen LogP contribution is 2.37. The summed E-state index contributed by atoms with van der Waals surface area (Å²) in [4.78, 5) is 15.7. The summed E-state index contributed by atoms with van der Waals surface area (Å²) in [7, 11) is 1.61. The van der Waals surface area contributed by atoms with Crippen LogP contribution in [0.2, 0.25) is 5.02 Å². The van der Waals surface area contributed by atoms with E-state index in [0.29, 0.717) is 47.5 Å². The van der Waals surface area contributed by atoms with Gasteiger partial charge in [0.1, 0.15) is 0 Å². The minimum Gasteiger partial charge on any atom is -0.493 e. The number of rotatable bonds is 10. The number of hydrogen-bond donors (Lipinski definition) is 0. The van der Waals surface area contributed by atoms with Crippen LogP contribution in [-0.2, 0) is 17.7 Å². The van der Waals surface area contributed by atoms with Gasteiger partial charge in [-0.3, -0.25) is 4.79 Å². The molecular formula is C31H32ClN3O4. The third kappa shape index (κ3) is 5.95. The van der Waals surface area contributed by atoms with Crippen LogP contribution < -0.4 is 9.47 Å². The van der Waals surface area contributed by atoms with Crippen LogP contribution in [0, 0.1) is 0 Å². The third-order valence-corrected chi connectivity index (χ3v) is 7.15. The average molecular weight is 546 g/mol. The molecule has 1 saturated heterocycles. The first kappa shape index (κ1) is 26.8. The van der Waals surface area contributed by atoms with Gasteiger partial charge in [0.05, 0.1) is 47.3 Å². The van der Waals surface area contributed by atoms with Crippen LogP contribution in [0.25, 0.3) is 5.69 Å². The Balaban J connectivity index is 1.60. The van der Waals surface area contributed by atoms with Gasteiger partial charge in [-0.25, -0.2) is 4.68 Å². The lowest BCUT2D eigenvalue weighted by atomic mass is 10.1. The third-order valence-electron chi connectivity index (χ3n) is 6.82. The van der Waals surface area contributed by atoms with Crippen LogP contribution in [0.15, 0.2) is 78.9 Å². The molecule has 202 valence electrons. The number of aromatic nitrogens is 2. The number of para-hydroxylation sites is 3. The Morgan fingerprint density at radius 3 is 2.46 bits per heavy atom. The van der Waals surface area contributed by atoms with Crippen molar-refractivity contribution < 1.29 is 19.0 Å². The van der Waals surface area contributed by atoms with E-state index >= 15 is 0 Å². The van der Waals surface area contributed by atoms with E-state index in [2.05, 4.69) is 0 Å². The lowest BCUT2D eigenvalue weighted by molar-refractivity contribution is 0.0505. The number of nitrogens with zero attached hydrogens (tertiary/aromatic N) is 3. The van der Waals surface area contributed by atoms with Crippen molar-refractivity contribution in [3.8, 4) is 23.1 Å².